The van der Waals surface area contributed by atoms with Gasteiger partial charge in [0.25, 0.3) is 15.9 Å². The van der Waals surface area contributed by atoms with Crippen molar-refractivity contribution >= 4 is 27.8 Å². The van der Waals surface area contributed by atoms with E-state index in [0.29, 0.717) is 24.2 Å². The number of aromatic nitrogens is 2. The van der Waals surface area contributed by atoms with E-state index in [4.69, 9.17) is 4.74 Å². The third kappa shape index (κ3) is 4.87. The number of carbonyl (C=O) groups is 1. The first kappa shape index (κ1) is 23.7. The van der Waals surface area contributed by atoms with E-state index in [-0.39, 0.29) is 11.8 Å². The van der Waals surface area contributed by atoms with Gasteiger partial charge in [0, 0.05) is 24.0 Å². The molecule has 1 aromatic heterocycles. The van der Waals surface area contributed by atoms with E-state index in [1.165, 1.54) is 6.21 Å². The Morgan fingerprint density at radius 2 is 1.74 bits per heavy atom. The number of hydrogen-bond donors (Lipinski definition) is 0. The summed E-state index contributed by atoms with van der Waals surface area (Å²) in [6.07, 6.45) is 2.01. The van der Waals surface area contributed by atoms with E-state index < -0.39 is 10.0 Å². The standard InChI is InChI=1S/C24H27N5O4S/c1-17-22-13-14-28(19-7-5-18(6-8-19)15-25-34(31,32)16-27(2)3)24(30)23(22)29(26-17)20-9-11-21(33-4)12-10-20/h5-12,15H,13-14,16H2,1-4H3/b25-15+. The van der Waals surface area contributed by atoms with Crippen LogP contribution < -0.4 is 9.64 Å². The number of carbonyl (C=O) groups excluding carboxylic acids is 1. The first-order valence-corrected chi connectivity index (χ1v) is 12.4. The molecule has 2 aromatic carbocycles. The number of fused-ring (bicyclic) bond motifs is 1. The minimum Gasteiger partial charge on any atom is -0.497 e. The number of benzene rings is 2. The lowest BCUT2D eigenvalue weighted by Gasteiger charge is -2.28. The van der Waals surface area contributed by atoms with Crippen molar-refractivity contribution in [3.63, 3.8) is 0 Å². The van der Waals surface area contributed by atoms with Gasteiger partial charge in [0.15, 0.2) is 0 Å². The summed E-state index contributed by atoms with van der Waals surface area (Å²) in [6, 6.07) is 14.5. The predicted octanol–water partition coefficient (Wildman–Crippen LogP) is 2.66. The molecule has 1 aliphatic heterocycles. The Morgan fingerprint density at radius 1 is 1.09 bits per heavy atom. The number of rotatable bonds is 7. The van der Waals surface area contributed by atoms with Crippen LogP contribution in [0.15, 0.2) is 52.9 Å². The predicted molar refractivity (Wildman–Crippen MR) is 132 cm³/mol. The van der Waals surface area contributed by atoms with Crippen LogP contribution in [0.4, 0.5) is 5.69 Å². The molecule has 0 aliphatic carbocycles. The van der Waals surface area contributed by atoms with Gasteiger partial charge in [0.2, 0.25) is 0 Å². The van der Waals surface area contributed by atoms with Crippen molar-refractivity contribution in [2.45, 2.75) is 13.3 Å². The molecule has 0 fully saturated rings. The Bertz CT molecular complexity index is 1330. The summed E-state index contributed by atoms with van der Waals surface area (Å²) < 4.78 is 34.6. The Morgan fingerprint density at radius 3 is 2.35 bits per heavy atom. The zero-order valence-corrected chi connectivity index (χ0v) is 20.4. The largest absolute Gasteiger partial charge is 0.497 e. The highest BCUT2D eigenvalue weighted by Crippen LogP contribution is 2.29. The van der Waals surface area contributed by atoms with Crippen LogP contribution >= 0.6 is 0 Å². The molecule has 0 radical (unpaired) electrons. The maximum atomic E-state index is 13.5. The molecule has 10 heteroatoms. The van der Waals surface area contributed by atoms with Crippen molar-refractivity contribution in [2.24, 2.45) is 4.40 Å². The van der Waals surface area contributed by atoms with Gasteiger partial charge in [-0.2, -0.15) is 9.50 Å². The van der Waals surface area contributed by atoms with Crippen molar-refractivity contribution in [3.05, 3.63) is 71.0 Å². The lowest BCUT2D eigenvalue weighted by molar-refractivity contribution is 0.0973. The van der Waals surface area contributed by atoms with Crippen LogP contribution in [-0.2, 0) is 16.4 Å². The second-order valence-corrected chi connectivity index (χ2v) is 9.98. The molecule has 178 valence electrons. The average Bonchev–Trinajstić information content (AvgIpc) is 3.15. The molecule has 0 N–H and O–H groups in total. The molecule has 1 aliphatic rings. The van der Waals surface area contributed by atoms with Gasteiger partial charge in [-0.05, 0) is 69.4 Å². The van der Waals surface area contributed by atoms with Gasteiger partial charge >= 0.3 is 0 Å². The molecule has 0 saturated heterocycles. The fourth-order valence-corrected chi connectivity index (χ4v) is 4.93. The number of sulfonamides is 1. The number of amides is 1. The average molecular weight is 482 g/mol. The van der Waals surface area contributed by atoms with E-state index in [9.17, 15) is 13.2 Å². The van der Waals surface area contributed by atoms with Crippen LogP contribution in [0.1, 0.15) is 27.3 Å². The van der Waals surface area contributed by atoms with E-state index >= 15 is 0 Å². The van der Waals surface area contributed by atoms with Crippen LogP contribution in [0.2, 0.25) is 0 Å². The minimum absolute atomic E-state index is 0.132. The Hall–Kier alpha value is -3.50. The first-order chi connectivity index (χ1) is 16.2. The second kappa shape index (κ2) is 9.40. The molecule has 3 aromatic rings. The summed E-state index contributed by atoms with van der Waals surface area (Å²) in [5.74, 6) is 0.438. The van der Waals surface area contributed by atoms with Crippen molar-refractivity contribution in [1.29, 1.82) is 0 Å². The summed E-state index contributed by atoms with van der Waals surface area (Å²) in [6.45, 7) is 2.45. The van der Waals surface area contributed by atoms with Crippen molar-refractivity contribution in [2.75, 3.05) is 38.5 Å². The highest BCUT2D eigenvalue weighted by atomic mass is 32.2. The van der Waals surface area contributed by atoms with Gasteiger partial charge in [0.1, 0.15) is 17.3 Å². The van der Waals surface area contributed by atoms with Gasteiger partial charge in [-0.3, -0.25) is 9.69 Å². The zero-order valence-electron chi connectivity index (χ0n) is 19.6. The van der Waals surface area contributed by atoms with E-state index in [1.54, 1.807) is 60.0 Å². The SMILES string of the molecule is COc1ccc(-n2nc(C)c3c2C(=O)N(c2ccc(/C=N/S(=O)(=O)CN(C)C)cc2)CC3)cc1. The molecule has 0 saturated carbocycles. The van der Waals surface area contributed by atoms with Gasteiger partial charge in [-0.25, -0.2) is 13.1 Å². The third-order valence-electron chi connectivity index (χ3n) is 5.52. The van der Waals surface area contributed by atoms with Crippen LogP contribution in [0.5, 0.6) is 5.75 Å². The fraction of sp³-hybridized carbons (Fsp3) is 0.292. The molecular formula is C24H27N5O4S. The summed E-state index contributed by atoms with van der Waals surface area (Å²) in [5.41, 5.74) is 4.48. The van der Waals surface area contributed by atoms with Gasteiger partial charge in [0.05, 0.1) is 18.5 Å². The first-order valence-electron chi connectivity index (χ1n) is 10.8. The normalized spacial score (nSPS) is 14.1. The fourth-order valence-electron chi connectivity index (χ4n) is 3.93. The maximum absolute atomic E-state index is 13.5. The Kier molecular flexibility index (Phi) is 6.54. The Labute approximate surface area is 199 Å². The topological polar surface area (TPSA) is 97.1 Å². The highest BCUT2D eigenvalue weighted by molar-refractivity contribution is 7.90. The van der Waals surface area contributed by atoms with Crippen LogP contribution in [0, 0.1) is 6.92 Å². The Balaban J connectivity index is 1.59. The van der Waals surface area contributed by atoms with E-state index in [1.807, 2.05) is 31.2 Å². The molecule has 4 rings (SSSR count). The van der Waals surface area contributed by atoms with Crippen LogP contribution in [-0.4, -0.2) is 68.8 Å². The zero-order chi connectivity index (χ0) is 24.5. The molecular weight excluding hydrogens is 454 g/mol. The summed E-state index contributed by atoms with van der Waals surface area (Å²) in [4.78, 5) is 16.8. The number of methoxy groups -OCH3 is 1. The quantitative estimate of drug-likeness (QED) is 0.482. The minimum atomic E-state index is -3.57. The maximum Gasteiger partial charge on any atom is 0.277 e. The molecule has 0 spiro atoms. The van der Waals surface area contributed by atoms with Crippen LogP contribution in [0.3, 0.4) is 0 Å². The highest BCUT2D eigenvalue weighted by Gasteiger charge is 2.32. The van der Waals surface area contributed by atoms with Gasteiger partial charge in [-0.15, -0.1) is 0 Å². The monoisotopic (exact) mass is 481 g/mol. The lowest BCUT2D eigenvalue weighted by Crippen LogP contribution is -2.38. The third-order valence-corrected chi connectivity index (χ3v) is 6.79. The lowest BCUT2D eigenvalue weighted by atomic mass is 10.0. The molecule has 9 nitrogen and oxygen atoms in total. The smallest absolute Gasteiger partial charge is 0.277 e. The number of nitrogens with zero attached hydrogens (tertiary/aromatic N) is 5. The number of hydrogen-bond acceptors (Lipinski definition) is 6. The summed E-state index contributed by atoms with van der Waals surface area (Å²) in [5, 5.41) is 4.63. The molecule has 0 unspecified atom stereocenters. The number of ether oxygens (including phenoxy) is 1. The van der Waals surface area contributed by atoms with Gasteiger partial charge < -0.3 is 9.64 Å². The molecule has 1 amide bonds. The molecule has 2 heterocycles. The second-order valence-electron chi connectivity index (χ2n) is 8.35. The summed E-state index contributed by atoms with van der Waals surface area (Å²) in [7, 11) is 1.38. The van der Waals surface area contributed by atoms with Gasteiger partial charge in [-0.1, -0.05) is 12.1 Å². The molecule has 34 heavy (non-hydrogen) atoms. The number of aryl methyl sites for hydroxylation is 1. The molecule has 0 bridgehead atoms. The van der Waals surface area contributed by atoms with Crippen molar-refractivity contribution in [3.8, 4) is 11.4 Å². The van der Waals surface area contributed by atoms with Crippen molar-refractivity contribution in [1.82, 2.24) is 14.7 Å². The molecule has 0 atom stereocenters. The number of anilines is 1. The van der Waals surface area contributed by atoms with E-state index in [0.717, 1.165) is 28.4 Å². The summed E-state index contributed by atoms with van der Waals surface area (Å²) >= 11 is 0. The van der Waals surface area contributed by atoms with Crippen LogP contribution in [0.25, 0.3) is 5.69 Å². The van der Waals surface area contributed by atoms with E-state index in [2.05, 4.69) is 9.50 Å². The van der Waals surface area contributed by atoms with Crippen molar-refractivity contribution < 1.29 is 17.9 Å².